The van der Waals surface area contributed by atoms with E-state index in [1.54, 1.807) is 0 Å². The van der Waals surface area contributed by atoms with Crippen molar-refractivity contribution in [3.05, 3.63) is 65.7 Å². The molecular formula is C19H25NO. The molecule has 2 aromatic rings. The van der Waals surface area contributed by atoms with E-state index in [0.29, 0.717) is 5.92 Å². The Kier molecular flexibility index (Phi) is 6.29. The fourth-order valence-electron chi connectivity index (χ4n) is 2.57. The quantitative estimate of drug-likeness (QED) is 0.785. The second-order valence-electron chi connectivity index (χ2n) is 5.31. The Balaban J connectivity index is 1.95. The summed E-state index contributed by atoms with van der Waals surface area (Å²) >= 11 is 0. The van der Waals surface area contributed by atoms with E-state index in [-0.39, 0.29) is 0 Å². The van der Waals surface area contributed by atoms with Gasteiger partial charge in [0.2, 0.25) is 0 Å². The summed E-state index contributed by atoms with van der Waals surface area (Å²) in [5.74, 6) is 1.44. The highest BCUT2D eigenvalue weighted by Crippen LogP contribution is 2.23. The largest absolute Gasteiger partial charge is 0.494 e. The Morgan fingerprint density at radius 2 is 1.71 bits per heavy atom. The molecule has 2 heteroatoms. The summed E-state index contributed by atoms with van der Waals surface area (Å²) in [7, 11) is 0. The first-order chi connectivity index (χ1) is 10.3. The van der Waals surface area contributed by atoms with Gasteiger partial charge in [0.15, 0.2) is 0 Å². The van der Waals surface area contributed by atoms with E-state index in [2.05, 4.69) is 43.4 Å². The highest BCUT2D eigenvalue weighted by molar-refractivity contribution is 5.29. The van der Waals surface area contributed by atoms with Gasteiger partial charge in [-0.05, 0) is 49.1 Å². The molecule has 0 aliphatic rings. The van der Waals surface area contributed by atoms with Gasteiger partial charge in [-0.15, -0.1) is 0 Å². The second kappa shape index (κ2) is 8.48. The lowest BCUT2D eigenvalue weighted by Gasteiger charge is -2.20. The van der Waals surface area contributed by atoms with Crippen LogP contribution in [0.4, 0.5) is 0 Å². The van der Waals surface area contributed by atoms with Crippen LogP contribution in [-0.2, 0) is 0 Å². The van der Waals surface area contributed by atoms with Crippen molar-refractivity contribution in [3.63, 3.8) is 0 Å². The summed E-state index contributed by atoms with van der Waals surface area (Å²) in [6.07, 6.45) is 1.02. The van der Waals surface area contributed by atoms with Crippen LogP contribution in [0.15, 0.2) is 54.6 Å². The van der Waals surface area contributed by atoms with E-state index in [1.807, 2.05) is 30.3 Å². The monoisotopic (exact) mass is 283 g/mol. The van der Waals surface area contributed by atoms with Crippen LogP contribution < -0.4 is 10.1 Å². The third-order valence-corrected chi connectivity index (χ3v) is 3.75. The van der Waals surface area contributed by atoms with Crippen molar-refractivity contribution >= 4 is 0 Å². The standard InChI is InChI=1S/C19H25NO/c1-3-20-15-17(19-12-8-7-9-16(19)2)13-14-21-18-10-5-4-6-11-18/h4-12,17,20H,3,13-15H2,1-2H3. The van der Waals surface area contributed by atoms with E-state index in [0.717, 1.165) is 31.9 Å². The fourth-order valence-corrected chi connectivity index (χ4v) is 2.57. The Labute approximate surface area is 128 Å². The third kappa shape index (κ3) is 4.91. The molecule has 0 spiro atoms. The van der Waals surface area contributed by atoms with Gasteiger partial charge in [0.05, 0.1) is 6.61 Å². The maximum Gasteiger partial charge on any atom is 0.119 e. The molecular weight excluding hydrogens is 258 g/mol. The molecule has 0 heterocycles. The minimum atomic E-state index is 0.495. The number of rotatable bonds is 8. The Morgan fingerprint density at radius 3 is 2.43 bits per heavy atom. The van der Waals surface area contributed by atoms with Crippen molar-refractivity contribution in [2.45, 2.75) is 26.2 Å². The lowest BCUT2D eigenvalue weighted by atomic mass is 9.92. The highest BCUT2D eigenvalue weighted by atomic mass is 16.5. The van der Waals surface area contributed by atoms with Crippen LogP contribution in [0, 0.1) is 6.92 Å². The van der Waals surface area contributed by atoms with Crippen LogP contribution in [-0.4, -0.2) is 19.7 Å². The summed E-state index contributed by atoms with van der Waals surface area (Å²) in [5.41, 5.74) is 2.79. The van der Waals surface area contributed by atoms with Crippen LogP contribution in [0.1, 0.15) is 30.4 Å². The van der Waals surface area contributed by atoms with E-state index < -0.39 is 0 Å². The second-order valence-corrected chi connectivity index (χ2v) is 5.31. The van der Waals surface area contributed by atoms with E-state index >= 15 is 0 Å². The third-order valence-electron chi connectivity index (χ3n) is 3.75. The zero-order chi connectivity index (χ0) is 14.9. The van der Waals surface area contributed by atoms with Gasteiger partial charge in [0.25, 0.3) is 0 Å². The number of benzene rings is 2. The molecule has 1 N–H and O–H groups in total. The maximum atomic E-state index is 5.85. The molecule has 2 nitrogen and oxygen atoms in total. The zero-order valence-electron chi connectivity index (χ0n) is 13.0. The van der Waals surface area contributed by atoms with Crippen LogP contribution in [0.3, 0.4) is 0 Å². The van der Waals surface area contributed by atoms with Crippen molar-refractivity contribution in [2.75, 3.05) is 19.7 Å². The number of hydrogen-bond acceptors (Lipinski definition) is 2. The lowest BCUT2D eigenvalue weighted by Crippen LogP contribution is -2.23. The molecule has 0 aromatic heterocycles. The van der Waals surface area contributed by atoms with Gasteiger partial charge < -0.3 is 10.1 Å². The smallest absolute Gasteiger partial charge is 0.119 e. The normalized spacial score (nSPS) is 12.1. The lowest BCUT2D eigenvalue weighted by molar-refractivity contribution is 0.295. The molecule has 1 unspecified atom stereocenters. The van der Waals surface area contributed by atoms with Crippen molar-refractivity contribution in [2.24, 2.45) is 0 Å². The first kappa shape index (κ1) is 15.6. The SMILES string of the molecule is CCNCC(CCOc1ccccc1)c1ccccc1C. The molecule has 0 fully saturated rings. The zero-order valence-corrected chi connectivity index (χ0v) is 13.0. The molecule has 0 amide bonds. The number of para-hydroxylation sites is 1. The van der Waals surface area contributed by atoms with E-state index in [9.17, 15) is 0 Å². The average molecular weight is 283 g/mol. The van der Waals surface area contributed by atoms with Gasteiger partial charge in [0, 0.05) is 6.54 Å². The van der Waals surface area contributed by atoms with Crippen LogP contribution in [0.2, 0.25) is 0 Å². The molecule has 0 radical (unpaired) electrons. The molecule has 0 saturated heterocycles. The van der Waals surface area contributed by atoms with E-state index in [1.165, 1.54) is 11.1 Å². The van der Waals surface area contributed by atoms with Gasteiger partial charge >= 0.3 is 0 Å². The summed E-state index contributed by atoms with van der Waals surface area (Å²) in [6.45, 7) is 7.08. The molecule has 2 rings (SSSR count). The Hall–Kier alpha value is -1.80. The first-order valence-corrected chi connectivity index (χ1v) is 7.75. The number of likely N-dealkylation sites (N-methyl/N-ethyl adjacent to an activating group) is 1. The van der Waals surface area contributed by atoms with Crippen molar-refractivity contribution < 1.29 is 4.74 Å². The van der Waals surface area contributed by atoms with Crippen molar-refractivity contribution in [1.82, 2.24) is 5.32 Å². The van der Waals surface area contributed by atoms with Crippen LogP contribution in [0.25, 0.3) is 0 Å². The highest BCUT2D eigenvalue weighted by Gasteiger charge is 2.13. The molecule has 1 atom stereocenters. The van der Waals surface area contributed by atoms with Gasteiger partial charge in [-0.3, -0.25) is 0 Å². The molecule has 0 aliphatic carbocycles. The van der Waals surface area contributed by atoms with E-state index in [4.69, 9.17) is 4.74 Å². The maximum absolute atomic E-state index is 5.85. The molecule has 112 valence electrons. The molecule has 0 aliphatic heterocycles. The summed E-state index contributed by atoms with van der Waals surface area (Å²) in [5, 5.41) is 3.47. The molecule has 2 aromatic carbocycles. The Bertz CT molecular complexity index is 524. The fraction of sp³-hybridized carbons (Fsp3) is 0.368. The minimum absolute atomic E-state index is 0.495. The predicted molar refractivity (Wildman–Crippen MR) is 89.0 cm³/mol. The molecule has 0 bridgehead atoms. The summed E-state index contributed by atoms with van der Waals surface area (Å²) < 4.78 is 5.85. The van der Waals surface area contributed by atoms with Crippen LogP contribution >= 0.6 is 0 Å². The van der Waals surface area contributed by atoms with Gasteiger partial charge in [-0.1, -0.05) is 49.4 Å². The average Bonchev–Trinajstić information content (AvgIpc) is 2.52. The van der Waals surface area contributed by atoms with Crippen molar-refractivity contribution in [1.29, 1.82) is 0 Å². The summed E-state index contributed by atoms with van der Waals surface area (Å²) in [6, 6.07) is 18.7. The number of nitrogens with one attached hydrogen (secondary N) is 1. The van der Waals surface area contributed by atoms with Crippen molar-refractivity contribution in [3.8, 4) is 5.75 Å². The summed E-state index contributed by atoms with van der Waals surface area (Å²) in [4.78, 5) is 0. The predicted octanol–water partition coefficient (Wildman–Crippen LogP) is 4.16. The molecule has 0 saturated carbocycles. The Morgan fingerprint density at radius 1 is 1.00 bits per heavy atom. The number of hydrogen-bond donors (Lipinski definition) is 1. The van der Waals surface area contributed by atoms with Gasteiger partial charge in [-0.2, -0.15) is 0 Å². The first-order valence-electron chi connectivity index (χ1n) is 7.75. The van der Waals surface area contributed by atoms with Gasteiger partial charge in [-0.25, -0.2) is 0 Å². The topological polar surface area (TPSA) is 21.3 Å². The number of ether oxygens (including phenoxy) is 1. The van der Waals surface area contributed by atoms with Gasteiger partial charge in [0.1, 0.15) is 5.75 Å². The molecule has 21 heavy (non-hydrogen) atoms. The minimum Gasteiger partial charge on any atom is -0.494 e. The van der Waals surface area contributed by atoms with Crippen LogP contribution in [0.5, 0.6) is 5.75 Å². The number of aryl methyl sites for hydroxylation is 1.